The molecule has 0 saturated carbocycles. The summed E-state index contributed by atoms with van der Waals surface area (Å²) in [6.45, 7) is 5.30. The molecule has 6 heteroatoms. The molecule has 0 aliphatic carbocycles. The van der Waals surface area contributed by atoms with E-state index in [1.165, 1.54) is 0 Å². The standard InChI is InChI=1S/C14H24N2O4/c1-10-8-11(4-7-20-10)15-13(19)16-6-3-5-14(2,9-16)12(17)18/h10-11H,3-9H2,1-2H3,(H,15,19)(H,17,18). The second kappa shape index (κ2) is 5.99. The van der Waals surface area contributed by atoms with E-state index >= 15 is 0 Å². The number of carbonyl (C=O) groups excluding carboxylic acids is 1. The van der Waals surface area contributed by atoms with Crippen LogP contribution in [0.5, 0.6) is 0 Å². The second-order valence-electron chi connectivity index (χ2n) is 6.24. The van der Waals surface area contributed by atoms with Crippen LogP contribution in [0.4, 0.5) is 4.79 Å². The van der Waals surface area contributed by atoms with Gasteiger partial charge in [0.15, 0.2) is 0 Å². The van der Waals surface area contributed by atoms with Crippen molar-refractivity contribution >= 4 is 12.0 Å². The summed E-state index contributed by atoms with van der Waals surface area (Å²) in [4.78, 5) is 25.2. The third kappa shape index (κ3) is 3.42. The maximum absolute atomic E-state index is 12.3. The Morgan fingerprint density at radius 1 is 1.45 bits per heavy atom. The highest BCUT2D eigenvalue weighted by atomic mass is 16.5. The topological polar surface area (TPSA) is 78.9 Å². The van der Waals surface area contributed by atoms with Gasteiger partial charge in [0.05, 0.1) is 11.5 Å². The minimum Gasteiger partial charge on any atom is -0.481 e. The molecule has 2 rings (SSSR count). The number of hydrogen-bond donors (Lipinski definition) is 2. The van der Waals surface area contributed by atoms with Crippen LogP contribution in [0.1, 0.15) is 39.5 Å². The summed E-state index contributed by atoms with van der Waals surface area (Å²) in [5, 5.41) is 12.3. The summed E-state index contributed by atoms with van der Waals surface area (Å²) in [7, 11) is 0. The molecule has 0 aromatic carbocycles. The number of likely N-dealkylation sites (tertiary alicyclic amines) is 1. The lowest BCUT2D eigenvalue weighted by molar-refractivity contribution is -0.150. The molecule has 3 unspecified atom stereocenters. The molecule has 2 amide bonds. The van der Waals surface area contributed by atoms with Gasteiger partial charge in [-0.3, -0.25) is 4.79 Å². The smallest absolute Gasteiger partial charge is 0.317 e. The number of carboxylic acid groups (broad SMARTS) is 1. The average molecular weight is 284 g/mol. The zero-order valence-corrected chi connectivity index (χ0v) is 12.2. The number of nitrogens with one attached hydrogen (secondary N) is 1. The minimum atomic E-state index is -0.824. The monoisotopic (exact) mass is 284 g/mol. The highest BCUT2D eigenvalue weighted by Gasteiger charge is 2.39. The van der Waals surface area contributed by atoms with Gasteiger partial charge in [-0.2, -0.15) is 0 Å². The normalized spacial score (nSPS) is 34.6. The van der Waals surface area contributed by atoms with Gasteiger partial charge < -0.3 is 20.1 Å². The number of piperidine rings is 1. The summed E-state index contributed by atoms with van der Waals surface area (Å²) < 4.78 is 5.46. The fourth-order valence-corrected chi connectivity index (χ4v) is 2.98. The summed E-state index contributed by atoms with van der Waals surface area (Å²) in [6.07, 6.45) is 3.16. The molecule has 3 atom stereocenters. The van der Waals surface area contributed by atoms with E-state index < -0.39 is 11.4 Å². The molecule has 114 valence electrons. The van der Waals surface area contributed by atoms with Crippen molar-refractivity contribution in [2.24, 2.45) is 5.41 Å². The summed E-state index contributed by atoms with van der Waals surface area (Å²) in [5.74, 6) is -0.824. The van der Waals surface area contributed by atoms with Crippen LogP contribution in [-0.2, 0) is 9.53 Å². The van der Waals surface area contributed by atoms with Gasteiger partial charge in [-0.25, -0.2) is 4.79 Å². The van der Waals surface area contributed by atoms with Crippen molar-refractivity contribution in [3.05, 3.63) is 0 Å². The third-order valence-corrected chi connectivity index (χ3v) is 4.31. The highest BCUT2D eigenvalue weighted by Crippen LogP contribution is 2.29. The van der Waals surface area contributed by atoms with Crippen LogP contribution >= 0.6 is 0 Å². The SMILES string of the molecule is CC1CC(NC(=O)N2CCCC(C)(C(=O)O)C2)CCO1. The number of nitrogens with zero attached hydrogens (tertiary/aromatic N) is 1. The summed E-state index contributed by atoms with van der Waals surface area (Å²) in [6, 6.07) is -0.0134. The van der Waals surface area contributed by atoms with Gasteiger partial charge in [0, 0.05) is 25.7 Å². The van der Waals surface area contributed by atoms with E-state index in [1.807, 2.05) is 6.92 Å². The van der Waals surface area contributed by atoms with E-state index in [4.69, 9.17) is 4.74 Å². The van der Waals surface area contributed by atoms with Crippen LogP contribution in [0.25, 0.3) is 0 Å². The molecule has 2 N–H and O–H groups in total. The third-order valence-electron chi connectivity index (χ3n) is 4.31. The first-order valence-corrected chi connectivity index (χ1v) is 7.31. The maximum atomic E-state index is 12.3. The number of ether oxygens (including phenoxy) is 1. The van der Waals surface area contributed by atoms with Gasteiger partial charge in [0.25, 0.3) is 0 Å². The number of amides is 2. The molecule has 0 spiro atoms. The van der Waals surface area contributed by atoms with Crippen LogP contribution in [0.2, 0.25) is 0 Å². The van der Waals surface area contributed by atoms with E-state index in [0.717, 1.165) is 19.3 Å². The van der Waals surface area contributed by atoms with Crippen molar-refractivity contribution in [3.63, 3.8) is 0 Å². The van der Waals surface area contributed by atoms with Gasteiger partial charge in [0.1, 0.15) is 0 Å². The van der Waals surface area contributed by atoms with E-state index in [2.05, 4.69) is 5.32 Å². The van der Waals surface area contributed by atoms with Gasteiger partial charge in [-0.15, -0.1) is 0 Å². The Kier molecular flexibility index (Phi) is 4.52. The van der Waals surface area contributed by atoms with Crippen molar-refractivity contribution in [3.8, 4) is 0 Å². The molecule has 2 saturated heterocycles. The van der Waals surface area contributed by atoms with E-state index in [0.29, 0.717) is 19.6 Å². The molecule has 0 aromatic heterocycles. The Hall–Kier alpha value is -1.30. The van der Waals surface area contributed by atoms with Crippen molar-refractivity contribution in [2.45, 2.75) is 51.7 Å². The van der Waals surface area contributed by atoms with Gasteiger partial charge in [-0.05, 0) is 39.5 Å². The Morgan fingerprint density at radius 2 is 2.20 bits per heavy atom. The zero-order chi connectivity index (χ0) is 14.8. The molecule has 2 heterocycles. The fourth-order valence-electron chi connectivity index (χ4n) is 2.98. The Balaban J connectivity index is 1.90. The number of aliphatic carboxylic acids is 1. The fraction of sp³-hybridized carbons (Fsp3) is 0.857. The van der Waals surface area contributed by atoms with Crippen LogP contribution in [-0.4, -0.2) is 53.8 Å². The molecule has 2 aliphatic rings. The number of hydrogen-bond acceptors (Lipinski definition) is 3. The lowest BCUT2D eigenvalue weighted by Crippen LogP contribution is -2.54. The first-order chi connectivity index (χ1) is 9.40. The predicted octanol–water partition coefficient (Wildman–Crippen LogP) is 1.45. The molecular formula is C14H24N2O4. The van der Waals surface area contributed by atoms with E-state index in [9.17, 15) is 14.7 Å². The van der Waals surface area contributed by atoms with Gasteiger partial charge in [0.2, 0.25) is 0 Å². The first kappa shape index (κ1) is 15.1. The minimum absolute atomic E-state index is 0.129. The number of urea groups is 1. The Bertz CT molecular complexity index is 387. The molecule has 0 radical (unpaired) electrons. The van der Waals surface area contributed by atoms with Crippen molar-refractivity contribution in [1.82, 2.24) is 10.2 Å². The number of carbonyl (C=O) groups is 2. The lowest BCUT2D eigenvalue weighted by Gasteiger charge is -2.38. The molecule has 2 fully saturated rings. The van der Waals surface area contributed by atoms with E-state index in [1.54, 1.807) is 11.8 Å². The Labute approximate surface area is 119 Å². The van der Waals surface area contributed by atoms with Crippen molar-refractivity contribution in [1.29, 1.82) is 0 Å². The summed E-state index contributed by atoms with van der Waals surface area (Å²) in [5.41, 5.74) is -0.821. The molecular weight excluding hydrogens is 260 g/mol. The first-order valence-electron chi connectivity index (χ1n) is 7.31. The van der Waals surface area contributed by atoms with Crippen molar-refractivity contribution < 1.29 is 19.4 Å². The maximum Gasteiger partial charge on any atom is 0.317 e. The van der Waals surface area contributed by atoms with Gasteiger partial charge >= 0.3 is 12.0 Å². The second-order valence-corrected chi connectivity index (χ2v) is 6.24. The van der Waals surface area contributed by atoms with Crippen LogP contribution in [0.3, 0.4) is 0 Å². The molecule has 20 heavy (non-hydrogen) atoms. The van der Waals surface area contributed by atoms with Crippen LogP contribution < -0.4 is 5.32 Å². The predicted molar refractivity (Wildman–Crippen MR) is 73.5 cm³/mol. The molecule has 6 nitrogen and oxygen atoms in total. The number of carboxylic acids is 1. The highest BCUT2D eigenvalue weighted by molar-refractivity contribution is 5.78. The zero-order valence-electron chi connectivity index (χ0n) is 12.2. The largest absolute Gasteiger partial charge is 0.481 e. The van der Waals surface area contributed by atoms with Crippen molar-refractivity contribution in [2.75, 3.05) is 19.7 Å². The Morgan fingerprint density at radius 3 is 2.85 bits per heavy atom. The molecule has 0 aromatic rings. The van der Waals surface area contributed by atoms with Crippen LogP contribution in [0.15, 0.2) is 0 Å². The lowest BCUT2D eigenvalue weighted by atomic mass is 9.82. The average Bonchev–Trinajstić information content (AvgIpc) is 2.38. The van der Waals surface area contributed by atoms with Gasteiger partial charge in [-0.1, -0.05) is 0 Å². The molecule has 0 bridgehead atoms. The van der Waals surface area contributed by atoms with E-state index in [-0.39, 0.29) is 24.7 Å². The summed E-state index contributed by atoms with van der Waals surface area (Å²) >= 11 is 0. The quantitative estimate of drug-likeness (QED) is 0.804. The number of rotatable bonds is 2. The molecule has 2 aliphatic heterocycles. The van der Waals surface area contributed by atoms with Crippen LogP contribution in [0, 0.1) is 5.41 Å².